The highest BCUT2D eigenvalue weighted by Crippen LogP contribution is 2.11. The Kier molecular flexibility index (Phi) is 4.65. The third kappa shape index (κ3) is 3.04. The molecule has 0 amide bonds. The summed E-state index contributed by atoms with van der Waals surface area (Å²) in [6, 6.07) is 1.20. The smallest absolute Gasteiger partial charge is 0.248 e. The normalized spacial score (nSPS) is 11.6. The molecule has 0 spiro atoms. The Morgan fingerprint density at radius 1 is 1.53 bits per heavy atom. The fraction of sp³-hybridized carbons (Fsp3) is 0.364. The van der Waals surface area contributed by atoms with Crippen LogP contribution in [0.4, 0.5) is 0 Å². The van der Waals surface area contributed by atoms with E-state index in [2.05, 4.69) is 11.6 Å². The molecule has 0 radical (unpaired) electrons. The molecule has 94 valence electrons. The van der Waals surface area contributed by atoms with Crippen LogP contribution in [0, 0.1) is 0 Å². The van der Waals surface area contributed by atoms with Crippen LogP contribution in [0.2, 0.25) is 0 Å². The van der Waals surface area contributed by atoms with Crippen LogP contribution in [0.25, 0.3) is 0 Å². The number of hydrogen-bond donors (Lipinski definition) is 1. The summed E-state index contributed by atoms with van der Waals surface area (Å²) in [5.74, 6) is 0. The van der Waals surface area contributed by atoms with Crippen molar-refractivity contribution in [1.82, 2.24) is 9.29 Å². The zero-order valence-electron chi connectivity index (χ0n) is 9.72. The molecule has 17 heavy (non-hydrogen) atoms. The minimum Gasteiger partial charge on any atom is -0.366 e. The van der Waals surface area contributed by atoms with Crippen molar-refractivity contribution in [2.45, 2.75) is 18.2 Å². The van der Waals surface area contributed by atoms with Gasteiger partial charge in [-0.05, 0) is 6.42 Å². The molecule has 5 nitrogen and oxygen atoms in total. The number of sulfonamides is 1. The van der Waals surface area contributed by atoms with E-state index in [1.165, 1.54) is 28.8 Å². The average Bonchev–Trinajstić information content (AvgIpc) is 2.29. The van der Waals surface area contributed by atoms with Gasteiger partial charge in [-0.25, -0.2) is 8.42 Å². The Hall–Kier alpha value is -1.40. The molecule has 0 bridgehead atoms. The first-order chi connectivity index (χ1) is 8.04. The van der Waals surface area contributed by atoms with Gasteiger partial charge >= 0.3 is 0 Å². The van der Waals surface area contributed by atoms with Crippen LogP contribution in [0.15, 0.2) is 40.8 Å². The Bertz CT molecular complexity index is 534. The van der Waals surface area contributed by atoms with Crippen LogP contribution >= 0.6 is 0 Å². The van der Waals surface area contributed by atoms with Crippen molar-refractivity contribution < 1.29 is 8.42 Å². The zero-order chi connectivity index (χ0) is 12.9. The highest BCUT2D eigenvalue weighted by Gasteiger charge is 2.25. The predicted octanol–water partition coefficient (Wildman–Crippen LogP) is 0.962. The summed E-state index contributed by atoms with van der Waals surface area (Å²) in [5.41, 5.74) is -0.506. The lowest BCUT2D eigenvalue weighted by Gasteiger charge is -2.19. The Morgan fingerprint density at radius 2 is 2.24 bits per heavy atom. The van der Waals surface area contributed by atoms with Crippen LogP contribution in [0.3, 0.4) is 0 Å². The molecule has 0 fully saturated rings. The second-order valence-electron chi connectivity index (χ2n) is 3.52. The Labute approximate surface area is 101 Å². The number of rotatable bonds is 6. The molecular weight excluding hydrogens is 240 g/mol. The standard InChI is InChI=1S/C11H16N2O3S/c1-3-7-13(8-4-2)17(15,16)11-9-12-6-5-10(11)14/h3,5-6,9H,1,4,7-8H2,2H3,(H,12,14). The maximum Gasteiger partial charge on any atom is 0.248 e. The van der Waals surface area contributed by atoms with Crippen LogP contribution in [-0.4, -0.2) is 30.8 Å². The molecule has 1 N–H and O–H groups in total. The first kappa shape index (κ1) is 13.7. The molecule has 1 rings (SSSR count). The second kappa shape index (κ2) is 5.79. The topological polar surface area (TPSA) is 70.2 Å². The van der Waals surface area contributed by atoms with Crippen molar-refractivity contribution >= 4 is 10.0 Å². The molecule has 0 aliphatic heterocycles. The van der Waals surface area contributed by atoms with Crippen molar-refractivity contribution in [2.75, 3.05) is 13.1 Å². The number of aromatic nitrogens is 1. The van der Waals surface area contributed by atoms with Crippen molar-refractivity contribution in [3.63, 3.8) is 0 Å². The van der Waals surface area contributed by atoms with E-state index in [-0.39, 0.29) is 11.4 Å². The summed E-state index contributed by atoms with van der Waals surface area (Å²) in [7, 11) is -3.74. The lowest BCUT2D eigenvalue weighted by Crippen LogP contribution is -2.34. The monoisotopic (exact) mass is 256 g/mol. The van der Waals surface area contributed by atoms with Gasteiger partial charge in [0, 0.05) is 31.5 Å². The second-order valence-corrected chi connectivity index (χ2v) is 5.43. The maximum atomic E-state index is 12.2. The van der Waals surface area contributed by atoms with Gasteiger partial charge in [-0.3, -0.25) is 4.79 Å². The van der Waals surface area contributed by atoms with Crippen LogP contribution in [0.5, 0.6) is 0 Å². The summed E-state index contributed by atoms with van der Waals surface area (Å²) < 4.78 is 25.6. The van der Waals surface area contributed by atoms with Gasteiger partial charge in [0.25, 0.3) is 0 Å². The van der Waals surface area contributed by atoms with E-state index in [4.69, 9.17) is 0 Å². The van der Waals surface area contributed by atoms with E-state index in [1.807, 2.05) is 6.92 Å². The minimum absolute atomic E-state index is 0.199. The SMILES string of the molecule is C=CCN(CCC)S(=O)(=O)c1c[nH]ccc1=O. The molecule has 0 saturated heterocycles. The lowest BCUT2D eigenvalue weighted by atomic mass is 10.5. The zero-order valence-corrected chi connectivity index (χ0v) is 10.5. The van der Waals surface area contributed by atoms with E-state index >= 15 is 0 Å². The molecule has 0 unspecified atom stereocenters. The molecular formula is C11H16N2O3S. The molecule has 1 aromatic rings. The van der Waals surface area contributed by atoms with E-state index in [0.717, 1.165) is 0 Å². The number of H-pyrrole nitrogens is 1. The van der Waals surface area contributed by atoms with Crippen molar-refractivity contribution in [3.8, 4) is 0 Å². The summed E-state index contributed by atoms with van der Waals surface area (Å²) in [4.78, 5) is 13.9. The van der Waals surface area contributed by atoms with Crippen LogP contribution in [-0.2, 0) is 10.0 Å². The van der Waals surface area contributed by atoms with E-state index in [9.17, 15) is 13.2 Å². The van der Waals surface area contributed by atoms with Gasteiger partial charge in [-0.2, -0.15) is 4.31 Å². The largest absolute Gasteiger partial charge is 0.366 e. The van der Waals surface area contributed by atoms with Gasteiger partial charge in [-0.1, -0.05) is 13.0 Å². The molecule has 6 heteroatoms. The van der Waals surface area contributed by atoms with Gasteiger partial charge in [-0.15, -0.1) is 6.58 Å². The molecule has 0 aliphatic carbocycles. The highest BCUT2D eigenvalue weighted by molar-refractivity contribution is 7.89. The van der Waals surface area contributed by atoms with Gasteiger partial charge < -0.3 is 4.98 Å². The third-order valence-corrected chi connectivity index (χ3v) is 4.10. The van der Waals surface area contributed by atoms with Gasteiger partial charge in [0.2, 0.25) is 15.5 Å². The van der Waals surface area contributed by atoms with Gasteiger partial charge in [0.1, 0.15) is 4.90 Å². The predicted molar refractivity (Wildman–Crippen MR) is 66.3 cm³/mol. The minimum atomic E-state index is -3.74. The van der Waals surface area contributed by atoms with Gasteiger partial charge in [0.05, 0.1) is 0 Å². The fourth-order valence-corrected chi connectivity index (χ4v) is 2.99. The number of nitrogens with one attached hydrogen (secondary N) is 1. The molecule has 0 atom stereocenters. The van der Waals surface area contributed by atoms with E-state index < -0.39 is 15.5 Å². The van der Waals surface area contributed by atoms with Crippen LogP contribution in [0.1, 0.15) is 13.3 Å². The van der Waals surface area contributed by atoms with Crippen molar-refractivity contribution in [1.29, 1.82) is 0 Å². The summed E-state index contributed by atoms with van der Waals surface area (Å²) >= 11 is 0. The molecule has 0 aliphatic rings. The summed E-state index contributed by atoms with van der Waals surface area (Å²) in [6.07, 6.45) is 4.80. The summed E-state index contributed by atoms with van der Waals surface area (Å²) in [6.45, 7) is 5.96. The maximum absolute atomic E-state index is 12.2. The molecule has 0 aromatic carbocycles. The van der Waals surface area contributed by atoms with Gasteiger partial charge in [0.15, 0.2) is 0 Å². The highest BCUT2D eigenvalue weighted by atomic mass is 32.2. The first-order valence-electron chi connectivity index (χ1n) is 5.32. The molecule has 0 saturated carbocycles. The van der Waals surface area contributed by atoms with Crippen molar-refractivity contribution in [2.24, 2.45) is 0 Å². The van der Waals surface area contributed by atoms with Crippen molar-refractivity contribution in [3.05, 3.63) is 41.3 Å². The lowest BCUT2D eigenvalue weighted by molar-refractivity contribution is 0.441. The quantitative estimate of drug-likeness (QED) is 0.771. The average molecular weight is 256 g/mol. The van der Waals surface area contributed by atoms with E-state index in [1.54, 1.807) is 0 Å². The third-order valence-electron chi connectivity index (χ3n) is 2.21. The summed E-state index contributed by atoms with van der Waals surface area (Å²) in [5, 5.41) is 0. The number of nitrogens with zero attached hydrogens (tertiary/aromatic N) is 1. The number of hydrogen-bond acceptors (Lipinski definition) is 3. The first-order valence-corrected chi connectivity index (χ1v) is 6.76. The van der Waals surface area contributed by atoms with Crippen LogP contribution < -0.4 is 5.43 Å². The van der Waals surface area contributed by atoms with E-state index in [0.29, 0.717) is 13.0 Å². The number of aromatic amines is 1. The Morgan fingerprint density at radius 3 is 2.76 bits per heavy atom. The Balaban J connectivity index is 3.21. The molecule has 1 heterocycles. The molecule has 1 aromatic heterocycles. The number of pyridine rings is 1. The fourth-order valence-electron chi connectivity index (χ4n) is 1.44.